The zero-order valence-corrected chi connectivity index (χ0v) is 13.9. The van der Waals surface area contributed by atoms with Gasteiger partial charge in [-0.3, -0.25) is 9.78 Å². The summed E-state index contributed by atoms with van der Waals surface area (Å²) in [6.07, 6.45) is 5.83. The van der Waals surface area contributed by atoms with Crippen LogP contribution < -0.4 is 10.1 Å². The van der Waals surface area contributed by atoms with Crippen LogP contribution in [0.25, 0.3) is 17.0 Å². The predicted molar refractivity (Wildman–Crippen MR) is 100 cm³/mol. The molecular weight excluding hydrogens is 312 g/mol. The molecule has 25 heavy (non-hydrogen) atoms. The molecule has 0 spiro atoms. The number of rotatable bonds is 7. The number of pyridine rings is 1. The zero-order valence-electron chi connectivity index (χ0n) is 13.9. The van der Waals surface area contributed by atoms with Crippen molar-refractivity contribution in [3.8, 4) is 5.75 Å². The second-order valence-electron chi connectivity index (χ2n) is 5.57. The molecule has 3 rings (SSSR count). The van der Waals surface area contributed by atoms with Gasteiger partial charge in [-0.25, -0.2) is 0 Å². The van der Waals surface area contributed by atoms with E-state index in [2.05, 4.69) is 10.3 Å². The molecule has 1 heterocycles. The van der Waals surface area contributed by atoms with Crippen LogP contribution in [-0.4, -0.2) is 24.0 Å². The lowest BCUT2D eigenvalue weighted by Crippen LogP contribution is -2.23. The monoisotopic (exact) mass is 332 g/mol. The van der Waals surface area contributed by atoms with Crippen molar-refractivity contribution in [1.82, 2.24) is 10.3 Å². The van der Waals surface area contributed by atoms with Gasteiger partial charge in [0.1, 0.15) is 11.3 Å². The number of carbonyl (C=O) groups excluding carboxylic acids is 1. The Hall–Kier alpha value is -3.14. The van der Waals surface area contributed by atoms with Crippen molar-refractivity contribution in [1.29, 1.82) is 0 Å². The largest absolute Gasteiger partial charge is 0.491 e. The molecule has 2 aromatic carbocycles. The minimum atomic E-state index is -0.101. The van der Waals surface area contributed by atoms with Gasteiger partial charge in [-0.1, -0.05) is 48.5 Å². The van der Waals surface area contributed by atoms with E-state index in [1.807, 2.05) is 60.7 Å². The second kappa shape index (κ2) is 8.64. The SMILES string of the molecule is O=C(/C=C/c1ccccc1)NCCCOc1cccc2cccnc12. The van der Waals surface area contributed by atoms with Crippen LogP contribution >= 0.6 is 0 Å². The summed E-state index contributed by atoms with van der Waals surface area (Å²) in [4.78, 5) is 16.1. The molecule has 1 N–H and O–H groups in total. The molecule has 0 atom stereocenters. The highest BCUT2D eigenvalue weighted by Crippen LogP contribution is 2.22. The van der Waals surface area contributed by atoms with E-state index < -0.39 is 0 Å². The second-order valence-corrected chi connectivity index (χ2v) is 5.57. The summed E-state index contributed by atoms with van der Waals surface area (Å²) >= 11 is 0. The van der Waals surface area contributed by atoms with E-state index in [4.69, 9.17) is 4.74 Å². The number of nitrogens with zero attached hydrogens (tertiary/aromatic N) is 1. The number of carbonyl (C=O) groups is 1. The van der Waals surface area contributed by atoms with Gasteiger partial charge in [0, 0.05) is 24.2 Å². The highest BCUT2D eigenvalue weighted by atomic mass is 16.5. The molecule has 1 aromatic heterocycles. The first-order chi connectivity index (χ1) is 12.3. The quantitative estimate of drug-likeness (QED) is 0.528. The fraction of sp³-hybridized carbons (Fsp3) is 0.143. The van der Waals surface area contributed by atoms with Crippen LogP contribution in [0.4, 0.5) is 0 Å². The Morgan fingerprint density at radius 3 is 2.76 bits per heavy atom. The third kappa shape index (κ3) is 4.91. The van der Waals surface area contributed by atoms with E-state index >= 15 is 0 Å². The van der Waals surface area contributed by atoms with Gasteiger partial charge in [0.05, 0.1) is 6.61 Å². The topological polar surface area (TPSA) is 51.2 Å². The first-order valence-electron chi connectivity index (χ1n) is 8.30. The van der Waals surface area contributed by atoms with Crippen LogP contribution in [0, 0.1) is 0 Å². The summed E-state index contributed by atoms with van der Waals surface area (Å²) < 4.78 is 5.80. The minimum Gasteiger partial charge on any atom is -0.491 e. The fourth-order valence-corrected chi connectivity index (χ4v) is 2.45. The number of hydrogen-bond donors (Lipinski definition) is 1. The smallest absolute Gasteiger partial charge is 0.244 e. The minimum absolute atomic E-state index is 0.101. The number of hydrogen-bond acceptors (Lipinski definition) is 3. The molecule has 0 fully saturated rings. The van der Waals surface area contributed by atoms with Gasteiger partial charge in [0.2, 0.25) is 5.91 Å². The van der Waals surface area contributed by atoms with E-state index in [1.165, 1.54) is 0 Å². The van der Waals surface area contributed by atoms with E-state index in [0.717, 1.165) is 28.6 Å². The standard InChI is InChI=1S/C21H20N2O2/c24-20(13-12-17-7-2-1-3-8-17)22-15-6-16-25-19-11-4-9-18-10-5-14-23-21(18)19/h1-5,7-14H,6,15-16H2,(H,22,24)/b13-12+. The summed E-state index contributed by atoms with van der Waals surface area (Å²) in [6, 6.07) is 19.5. The van der Waals surface area contributed by atoms with E-state index in [-0.39, 0.29) is 5.91 Å². The van der Waals surface area contributed by atoms with Gasteiger partial charge < -0.3 is 10.1 Å². The number of fused-ring (bicyclic) bond motifs is 1. The van der Waals surface area contributed by atoms with Gasteiger partial charge in [0.25, 0.3) is 0 Å². The number of para-hydroxylation sites is 1. The molecule has 4 heteroatoms. The molecule has 0 aliphatic carbocycles. The molecule has 0 bridgehead atoms. The zero-order chi connectivity index (χ0) is 17.3. The van der Waals surface area contributed by atoms with Crippen LogP contribution in [0.1, 0.15) is 12.0 Å². The highest BCUT2D eigenvalue weighted by molar-refractivity contribution is 5.91. The van der Waals surface area contributed by atoms with Crippen molar-refractivity contribution in [2.24, 2.45) is 0 Å². The lowest BCUT2D eigenvalue weighted by Gasteiger charge is -2.08. The van der Waals surface area contributed by atoms with Crippen molar-refractivity contribution in [2.45, 2.75) is 6.42 Å². The Kier molecular flexibility index (Phi) is 5.77. The highest BCUT2D eigenvalue weighted by Gasteiger charge is 2.02. The average molecular weight is 332 g/mol. The summed E-state index contributed by atoms with van der Waals surface area (Å²) in [5, 5.41) is 3.91. The van der Waals surface area contributed by atoms with E-state index in [1.54, 1.807) is 18.3 Å². The Balaban J connectivity index is 1.41. The Morgan fingerprint density at radius 2 is 1.88 bits per heavy atom. The predicted octanol–water partition coefficient (Wildman–Crippen LogP) is 3.83. The maximum atomic E-state index is 11.8. The third-order valence-electron chi connectivity index (χ3n) is 3.70. The number of ether oxygens (including phenoxy) is 1. The van der Waals surface area contributed by atoms with Crippen molar-refractivity contribution in [3.05, 3.63) is 78.5 Å². The molecular formula is C21H20N2O2. The van der Waals surface area contributed by atoms with Crippen LogP contribution in [0.3, 0.4) is 0 Å². The van der Waals surface area contributed by atoms with E-state index in [9.17, 15) is 4.79 Å². The normalized spacial score (nSPS) is 10.9. The Bertz CT molecular complexity index is 855. The van der Waals surface area contributed by atoms with Crippen LogP contribution in [0.15, 0.2) is 72.9 Å². The molecule has 1 amide bonds. The summed E-state index contributed by atoms with van der Waals surface area (Å²) in [6.45, 7) is 1.09. The van der Waals surface area contributed by atoms with Gasteiger partial charge in [-0.2, -0.15) is 0 Å². The lowest BCUT2D eigenvalue weighted by molar-refractivity contribution is -0.116. The fourth-order valence-electron chi connectivity index (χ4n) is 2.45. The van der Waals surface area contributed by atoms with Crippen LogP contribution in [0.5, 0.6) is 5.75 Å². The molecule has 126 valence electrons. The van der Waals surface area contributed by atoms with Crippen molar-refractivity contribution in [2.75, 3.05) is 13.2 Å². The van der Waals surface area contributed by atoms with Gasteiger partial charge >= 0.3 is 0 Å². The summed E-state index contributed by atoms with van der Waals surface area (Å²) in [5.41, 5.74) is 1.87. The molecule has 0 aliphatic heterocycles. The van der Waals surface area contributed by atoms with E-state index in [0.29, 0.717) is 13.2 Å². The number of benzene rings is 2. The molecule has 0 saturated heterocycles. The first-order valence-corrected chi connectivity index (χ1v) is 8.30. The van der Waals surface area contributed by atoms with Gasteiger partial charge in [-0.15, -0.1) is 0 Å². The molecule has 0 radical (unpaired) electrons. The Labute approximate surface area is 147 Å². The molecule has 3 aromatic rings. The van der Waals surface area contributed by atoms with Crippen molar-refractivity contribution in [3.63, 3.8) is 0 Å². The lowest BCUT2D eigenvalue weighted by atomic mass is 10.2. The molecule has 4 nitrogen and oxygen atoms in total. The first kappa shape index (κ1) is 16.7. The average Bonchev–Trinajstić information content (AvgIpc) is 2.67. The molecule has 0 aliphatic rings. The summed E-state index contributed by atoms with van der Waals surface area (Å²) in [7, 11) is 0. The Morgan fingerprint density at radius 1 is 1.04 bits per heavy atom. The number of nitrogens with one attached hydrogen (secondary N) is 1. The van der Waals surface area contributed by atoms with Crippen molar-refractivity contribution < 1.29 is 9.53 Å². The molecule has 0 unspecified atom stereocenters. The molecule has 0 saturated carbocycles. The third-order valence-corrected chi connectivity index (χ3v) is 3.70. The number of amides is 1. The van der Waals surface area contributed by atoms with Crippen LogP contribution in [-0.2, 0) is 4.79 Å². The number of aromatic nitrogens is 1. The maximum Gasteiger partial charge on any atom is 0.244 e. The van der Waals surface area contributed by atoms with Crippen LogP contribution in [0.2, 0.25) is 0 Å². The van der Waals surface area contributed by atoms with Gasteiger partial charge in [0.15, 0.2) is 0 Å². The van der Waals surface area contributed by atoms with Crippen molar-refractivity contribution >= 4 is 22.9 Å². The maximum absolute atomic E-state index is 11.8. The van der Waals surface area contributed by atoms with Gasteiger partial charge in [-0.05, 0) is 30.2 Å². The summed E-state index contributed by atoms with van der Waals surface area (Å²) in [5.74, 6) is 0.670.